The molecule has 3 N–H and O–H groups in total. The van der Waals surface area contributed by atoms with Gasteiger partial charge in [-0.3, -0.25) is 5.84 Å². The molecule has 1 atom stereocenters. The van der Waals surface area contributed by atoms with Crippen molar-refractivity contribution in [3.8, 4) is 0 Å². The van der Waals surface area contributed by atoms with E-state index < -0.39 is 0 Å². The summed E-state index contributed by atoms with van der Waals surface area (Å²) in [7, 11) is 0. The number of nitrogens with one attached hydrogen (secondary N) is 1. The Bertz CT molecular complexity index is 635. The van der Waals surface area contributed by atoms with Gasteiger partial charge in [0.15, 0.2) is 0 Å². The summed E-state index contributed by atoms with van der Waals surface area (Å²) in [6.07, 6.45) is 3.94. The van der Waals surface area contributed by atoms with E-state index in [4.69, 9.17) is 5.84 Å². The molecular weight excluding hydrogens is 324 g/mol. The molecule has 0 spiro atoms. The van der Waals surface area contributed by atoms with Crippen LogP contribution in [0.25, 0.3) is 0 Å². The summed E-state index contributed by atoms with van der Waals surface area (Å²) in [6, 6.07) is 15.2. The second-order valence-corrected chi connectivity index (χ2v) is 6.72. The highest BCUT2D eigenvalue weighted by molar-refractivity contribution is 9.10. The van der Waals surface area contributed by atoms with Crippen LogP contribution < -0.4 is 11.3 Å². The Morgan fingerprint density at radius 3 is 2.57 bits per heavy atom. The maximum absolute atomic E-state index is 5.89. The topological polar surface area (TPSA) is 38.0 Å². The Hall–Kier alpha value is -1.16. The molecule has 2 nitrogen and oxygen atoms in total. The van der Waals surface area contributed by atoms with Gasteiger partial charge in [-0.2, -0.15) is 0 Å². The fourth-order valence-electron chi connectivity index (χ4n) is 3.08. The summed E-state index contributed by atoms with van der Waals surface area (Å²) < 4.78 is 1.13. The van der Waals surface area contributed by atoms with E-state index in [9.17, 15) is 0 Å². The van der Waals surface area contributed by atoms with Gasteiger partial charge >= 0.3 is 0 Å². The van der Waals surface area contributed by atoms with Crippen LogP contribution in [0.1, 0.15) is 53.5 Å². The highest BCUT2D eigenvalue weighted by Gasteiger charge is 2.25. The first-order chi connectivity index (χ1) is 10.2. The van der Waals surface area contributed by atoms with Gasteiger partial charge < -0.3 is 0 Å². The van der Waals surface area contributed by atoms with Crippen LogP contribution in [0.15, 0.2) is 46.9 Å². The third-order valence-corrected chi connectivity index (χ3v) is 5.42. The molecule has 21 heavy (non-hydrogen) atoms. The van der Waals surface area contributed by atoms with Gasteiger partial charge in [0.1, 0.15) is 0 Å². The molecule has 1 fully saturated rings. The average molecular weight is 345 g/mol. The summed E-state index contributed by atoms with van der Waals surface area (Å²) in [4.78, 5) is 0. The van der Waals surface area contributed by atoms with Gasteiger partial charge in [0.25, 0.3) is 0 Å². The van der Waals surface area contributed by atoms with E-state index >= 15 is 0 Å². The molecule has 0 aromatic heterocycles. The van der Waals surface area contributed by atoms with Gasteiger partial charge in [0.2, 0.25) is 0 Å². The lowest BCUT2D eigenvalue weighted by atomic mass is 9.76. The number of halogens is 1. The smallest absolute Gasteiger partial charge is 0.0712 e. The number of nitrogens with two attached hydrogens (primary N) is 1. The maximum Gasteiger partial charge on any atom is 0.0712 e. The molecular formula is C18H21BrN2. The largest absolute Gasteiger partial charge is 0.271 e. The van der Waals surface area contributed by atoms with Crippen LogP contribution in [-0.2, 0) is 0 Å². The molecule has 0 aliphatic heterocycles. The van der Waals surface area contributed by atoms with E-state index in [1.165, 1.54) is 41.5 Å². The van der Waals surface area contributed by atoms with Crippen LogP contribution in [0.4, 0.5) is 0 Å². The SMILES string of the molecule is Cc1cc(C(NN)c2ccccc2C2CCC2)ccc1Br. The number of hydrogen-bond acceptors (Lipinski definition) is 2. The predicted molar refractivity (Wildman–Crippen MR) is 91.1 cm³/mol. The van der Waals surface area contributed by atoms with Crippen LogP contribution in [-0.4, -0.2) is 0 Å². The number of hydrazine groups is 1. The van der Waals surface area contributed by atoms with Crippen molar-refractivity contribution in [2.24, 2.45) is 5.84 Å². The molecule has 110 valence electrons. The zero-order chi connectivity index (χ0) is 14.8. The molecule has 2 aromatic rings. The van der Waals surface area contributed by atoms with Gasteiger partial charge in [0.05, 0.1) is 6.04 Å². The Balaban J connectivity index is 2.01. The first-order valence-electron chi connectivity index (χ1n) is 7.51. The van der Waals surface area contributed by atoms with Crippen molar-refractivity contribution in [1.29, 1.82) is 0 Å². The van der Waals surface area contributed by atoms with E-state index in [0.29, 0.717) is 5.92 Å². The molecule has 3 rings (SSSR count). The zero-order valence-corrected chi connectivity index (χ0v) is 13.9. The Morgan fingerprint density at radius 1 is 1.19 bits per heavy atom. The monoisotopic (exact) mass is 344 g/mol. The molecule has 0 saturated heterocycles. The lowest BCUT2D eigenvalue weighted by molar-refractivity contribution is 0.414. The lowest BCUT2D eigenvalue weighted by Crippen LogP contribution is -2.30. The number of rotatable bonds is 4. The second kappa shape index (κ2) is 6.30. The highest BCUT2D eigenvalue weighted by atomic mass is 79.9. The third-order valence-electron chi connectivity index (χ3n) is 4.53. The minimum Gasteiger partial charge on any atom is -0.271 e. The summed E-state index contributed by atoms with van der Waals surface area (Å²) in [5, 5.41) is 0. The van der Waals surface area contributed by atoms with E-state index in [1.54, 1.807) is 0 Å². The van der Waals surface area contributed by atoms with Crippen molar-refractivity contribution in [1.82, 2.24) is 5.43 Å². The van der Waals surface area contributed by atoms with Gasteiger partial charge in [-0.15, -0.1) is 0 Å². The van der Waals surface area contributed by atoms with Crippen molar-refractivity contribution < 1.29 is 0 Å². The molecule has 0 amide bonds. The van der Waals surface area contributed by atoms with E-state index in [1.807, 2.05) is 0 Å². The predicted octanol–water partition coefficient (Wildman–Crippen LogP) is 4.58. The van der Waals surface area contributed by atoms with Crippen molar-refractivity contribution >= 4 is 15.9 Å². The Morgan fingerprint density at radius 2 is 1.95 bits per heavy atom. The molecule has 1 aliphatic rings. The van der Waals surface area contributed by atoms with Gasteiger partial charge in [0, 0.05) is 4.47 Å². The van der Waals surface area contributed by atoms with Gasteiger partial charge in [-0.25, -0.2) is 5.43 Å². The van der Waals surface area contributed by atoms with Gasteiger partial charge in [-0.1, -0.05) is 58.7 Å². The maximum atomic E-state index is 5.89. The Labute approximate surface area is 134 Å². The van der Waals surface area contributed by atoms with Crippen LogP contribution in [0, 0.1) is 6.92 Å². The van der Waals surface area contributed by atoms with Crippen molar-refractivity contribution in [3.63, 3.8) is 0 Å². The van der Waals surface area contributed by atoms with Crippen LogP contribution in [0.2, 0.25) is 0 Å². The molecule has 2 aromatic carbocycles. The number of aryl methyl sites for hydroxylation is 1. The summed E-state index contributed by atoms with van der Waals surface area (Å²) in [5.41, 5.74) is 8.22. The normalized spacial score (nSPS) is 16.5. The highest BCUT2D eigenvalue weighted by Crippen LogP contribution is 2.40. The average Bonchev–Trinajstić information content (AvgIpc) is 2.43. The van der Waals surface area contributed by atoms with E-state index in [2.05, 4.69) is 70.7 Å². The minimum atomic E-state index is 0.0496. The fourth-order valence-corrected chi connectivity index (χ4v) is 3.32. The quantitative estimate of drug-likeness (QED) is 0.629. The molecule has 0 bridgehead atoms. The summed E-state index contributed by atoms with van der Waals surface area (Å²) in [6.45, 7) is 2.11. The summed E-state index contributed by atoms with van der Waals surface area (Å²) >= 11 is 3.56. The van der Waals surface area contributed by atoms with Crippen molar-refractivity contribution in [3.05, 3.63) is 69.2 Å². The molecule has 1 aliphatic carbocycles. The molecule has 0 radical (unpaired) electrons. The number of benzene rings is 2. The molecule has 1 saturated carbocycles. The van der Waals surface area contributed by atoms with E-state index in [0.717, 1.165) is 4.47 Å². The van der Waals surface area contributed by atoms with Gasteiger partial charge in [-0.05, 0) is 54.0 Å². The van der Waals surface area contributed by atoms with Crippen molar-refractivity contribution in [2.45, 2.75) is 38.1 Å². The first kappa shape index (κ1) is 14.8. The Kier molecular flexibility index (Phi) is 4.43. The zero-order valence-electron chi connectivity index (χ0n) is 12.3. The fraction of sp³-hybridized carbons (Fsp3) is 0.333. The van der Waals surface area contributed by atoms with E-state index in [-0.39, 0.29) is 6.04 Å². The molecule has 0 heterocycles. The third kappa shape index (κ3) is 2.91. The lowest BCUT2D eigenvalue weighted by Gasteiger charge is -2.30. The van der Waals surface area contributed by atoms with Crippen LogP contribution in [0.3, 0.4) is 0 Å². The van der Waals surface area contributed by atoms with Crippen molar-refractivity contribution in [2.75, 3.05) is 0 Å². The molecule has 1 unspecified atom stereocenters. The standard InChI is InChI=1S/C18H21BrN2/c1-12-11-14(9-10-17(12)19)18(21-20)16-8-3-2-7-15(16)13-5-4-6-13/h2-3,7-11,13,18,21H,4-6,20H2,1H3. The number of hydrogen-bond donors (Lipinski definition) is 2. The van der Waals surface area contributed by atoms with Crippen LogP contribution in [0.5, 0.6) is 0 Å². The molecule has 3 heteroatoms. The summed E-state index contributed by atoms with van der Waals surface area (Å²) in [5.74, 6) is 6.59. The second-order valence-electron chi connectivity index (χ2n) is 5.87. The van der Waals surface area contributed by atoms with Crippen LogP contribution >= 0.6 is 15.9 Å². The first-order valence-corrected chi connectivity index (χ1v) is 8.31. The minimum absolute atomic E-state index is 0.0496.